The molecule has 0 aliphatic carbocycles. The minimum absolute atomic E-state index is 0.0689. The fourth-order valence-corrected chi connectivity index (χ4v) is 2.82. The summed E-state index contributed by atoms with van der Waals surface area (Å²) in [5, 5.41) is 5.75. The molecular formula is C18H17ClN4O3. The second kappa shape index (κ2) is 7.97. The van der Waals surface area contributed by atoms with Crippen molar-refractivity contribution in [2.75, 3.05) is 0 Å². The number of benzene rings is 1. The summed E-state index contributed by atoms with van der Waals surface area (Å²) in [5.41, 5.74) is 1.57. The van der Waals surface area contributed by atoms with Gasteiger partial charge in [-0.3, -0.25) is 19.5 Å². The van der Waals surface area contributed by atoms with E-state index in [-0.39, 0.29) is 18.9 Å². The van der Waals surface area contributed by atoms with Gasteiger partial charge in [0.05, 0.1) is 13.0 Å². The fraction of sp³-hybridized carbons (Fsp3) is 0.222. The standard InChI is InChI=1S/C18H17ClN4O3/c19-14-4-2-1-3-13(14)11-23-17(25)15(22-18(23)26)9-16(24)21-10-12-5-7-20-8-6-12/h1-8,15H,9-11H2,(H,21,24)(H,22,26). The SMILES string of the molecule is O=C(CC1NC(=O)N(Cc2ccccc2Cl)C1=O)NCc1ccncc1. The van der Waals surface area contributed by atoms with Crippen molar-refractivity contribution in [3.63, 3.8) is 0 Å². The summed E-state index contributed by atoms with van der Waals surface area (Å²) in [6, 6.07) is 9.17. The summed E-state index contributed by atoms with van der Waals surface area (Å²) >= 11 is 6.08. The first kappa shape index (κ1) is 17.9. The smallest absolute Gasteiger partial charge is 0.325 e. The number of nitrogens with one attached hydrogen (secondary N) is 2. The number of hydrogen-bond acceptors (Lipinski definition) is 4. The number of carbonyl (C=O) groups excluding carboxylic acids is 3. The summed E-state index contributed by atoms with van der Waals surface area (Å²) in [6.07, 6.45) is 3.15. The van der Waals surface area contributed by atoms with E-state index in [0.717, 1.165) is 10.5 Å². The van der Waals surface area contributed by atoms with Crippen LogP contribution in [0.15, 0.2) is 48.8 Å². The minimum atomic E-state index is -0.873. The number of nitrogens with zero attached hydrogens (tertiary/aromatic N) is 2. The van der Waals surface area contributed by atoms with Crippen molar-refractivity contribution in [3.05, 3.63) is 64.9 Å². The van der Waals surface area contributed by atoms with E-state index in [1.807, 2.05) is 0 Å². The number of rotatable bonds is 6. The molecular weight excluding hydrogens is 356 g/mol. The van der Waals surface area contributed by atoms with E-state index >= 15 is 0 Å². The lowest BCUT2D eigenvalue weighted by Gasteiger charge is -2.14. The average Bonchev–Trinajstić information content (AvgIpc) is 2.90. The summed E-state index contributed by atoms with van der Waals surface area (Å²) in [4.78, 5) is 41.6. The summed E-state index contributed by atoms with van der Waals surface area (Å²) in [6.45, 7) is 0.402. The third-order valence-electron chi connectivity index (χ3n) is 4.02. The zero-order chi connectivity index (χ0) is 18.5. The maximum absolute atomic E-state index is 12.5. The highest BCUT2D eigenvalue weighted by molar-refractivity contribution is 6.31. The Morgan fingerprint density at radius 1 is 1.19 bits per heavy atom. The first-order valence-corrected chi connectivity index (χ1v) is 8.43. The highest BCUT2D eigenvalue weighted by Crippen LogP contribution is 2.20. The average molecular weight is 373 g/mol. The molecule has 2 heterocycles. The van der Waals surface area contributed by atoms with Gasteiger partial charge in [0.2, 0.25) is 5.91 Å². The van der Waals surface area contributed by atoms with Crippen molar-refractivity contribution in [3.8, 4) is 0 Å². The van der Waals surface area contributed by atoms with Crippen LogP contribution < -0.4 is 10.6 Å². The van der Waals surface area contributed by atoms with Crippen LogP contribution in [-0.4, -0.2) is 33.8 Å². The summed E-state index contributed by atoms with van der Waals surface area (Å²) in [5.74, 6) is -0.756. The molecule has 7 nitrogen and oxygen atoms in total. The maximum atomic E-state index is 12.5. The van der Waals surface area contributed by atoms with Gasteiger partial charge in [0.15, 0.2) is 0 Å². The molecule has 26 heavy (non-hydrogen) atoms. The molecule has 8 heteroatoms. The number of pyridine rings is 1. The molecule has 0 bridgehead atoms. The predicted octanol–water partition coefficient (Wildman–Crippen LogP) is 1.86. The zero-order valence-corrected chi connectivity index (χ0v) is 14.6. The number of imide groups is 1. The van der Waals surface area contributed by atoms with Gasteiger partial charge < -0.3 is 10.6 Å². The number of amides is 4. The van der Waals surface area contributed by atoms with Gasteiger partial charge in [0.1, 0.15) is 6.04 Å². The van der Waals surface area contributed by atoms with Crippen LogP contribution in [0.25, 0.3) is 0 Å². The van der Waals surface area contributed by atoms with Crippen LogP contribution in [0, 0.1) is 0 Å². The molecule has 4 amide bonds. The van der Waals surface area contributed by atoms with Crippen molar-refractivity contribution in [1.82, 2.24) is 20.5 Å². The molecule has 0 spiro atoms. The Hall–Kier alpha value is -2.93. The van der Waals surface area contributed by atoms with Crippen molar-refractivity contribution in [2.45, 2.75) is 25.6 Å². The van der Waals surface area contributed by atoms with Crippen LogP contribution in [0.4, 0.5) is 4.79 Å². The van der Waals surface area contributed by atoms with Gasteiger partial charge in [-0.05, 0) is 29.3 Å². The van der Waals surface area contributed by atoms with Crippen molar-refractivity contribution in [2.24, 2.45) is 0 Å². The van der Waals surface area contributed by atoms with Gasteiger partial charge in [-0.1, -0.05) is 29.8 Å². The molecule has 1 aliphatic rings. The van der Waals surface area contributed by atoms with Crippen LogP contribution in [0.1, 0.15) is 17.5 Å². The molecule has 1 unspecified atom stereocenters. The highest BCUT2D eigenvalue weighted by Gasteiger charge is 2.39. The van der Waals surface area contributed by atoms with E-state index in [1.54, 1.807) is 48.8 Å². The van der Waals surface area contributed by atoms with Crippen LogP contribution in [0.2, 0.25) is 5.02 Å². The molecule has 2 N–H and O–H groups in total. The molecule has 0 radical (unpaired) electrons. The van der Waals surface area contributed by atoms with E-state index in [2.05, 4.69) is 15.6 Å². The number of hydrogen-bond donors (Lipinski definition) is 2. The first-order valence-electron chi connectivity index (χ1n) is 8.05. The number of carbonyl (C=O) groups is 3. The van der Waals surface area contributed by atoms with Gasteiger partial charge in [-0.15, -0.1) is 0 Å². The van der Waals surface area contributed by atoms with Crippen molar-refractivity contribution in [1.29, 1.82) is 0 Å². The Morgan fingerprint density at radius 2 is 1.92 bits per heavy atom. The van der Waals surface area contributed by atoms with Crippen molar-refractivity contribution < 1.29 is 14.4 Å². The summed E-state index contributed by atoms with van der Waals surface area (Å²) in [7, 11) is 0. The van der Waals surface area contributed by atoms with E-state index < -0.39 is 18.0 Å². The normalized spacial score (nSPS) is 16.5. The van der Waals surface area contributed by atoms with Gasteiger partial charge in [-0.25, -0.2) is 4.79 Å². The molecule has 2 aromatic rings. The monoisotopic (exact) mass is 372 g/mol. The lowest BCUT2D eigenvalue weighted by atomic mass is 10.1. The van der Waals surface area contributed by atoms with E-state index in [1.165, 1.54) is 0 Å². The zero-order valence-electron chi connectivity index (χ0n) is 13.8. The number of halogens is 1. The Bertz CT molecular complexity index is 828. The van der Waals surface area contributed by atoms with Crippen LogP contribution in [-0.2, 0) is 22.7 Å². The third-order valence-corrected chi connectivity index (χ3v) is 4.39. The molecule has 3 rings (SSSR count). The second-order valence-electron chi connectivity index (χ2n) is 5.85. The topological polar surface area (TPSA) is 91.4 Å². The van der Waals surface area contributed by atoms with Crippen LogP contribution in [0.5, 0.6) is 0 Å². The highest BCUT2D eigenvalue weighted by atomic mass is 35.5. The molecule has 1 aliphatic heterocycles. The predicted molar refractivity (Wildman–Crippen MR) is 95.0 cm³/mol. The third kappa shape index (κ3) is 4.18. The lowest BCUT2D eigenvalue weighted by Crippen LogP contribution is -2.36. The Morgan fingerprint density at radius 3 is 2.65 bits per heavy atom. The molecule has 1 aromatic heterocycles. The van der Waals surface area contributed by atoms with Crippen LogP contribution >= 0.6 is 11.6 Å². The van der Waals surface area contributed by atoms with Gasteiger partial charge >= 0.3 is 6.03 Å². The van der Waals surface area contributed by atoms with Gasteiger partial charge in [0.25, 0.3) is 5.91 Å². The molecule has 0 saturated carbocycles. The maximum Gasteiger partial charge on any atom is 0.325 e. The van der Waals surface area contributed by atoms with E-state index in [0.29, 0.717) is 17.1 Å². The lowest BCUT2D eigenvalue weighted by molar-refractivity contribution is -0.131. The molecule has 134 valence electrons. The van der Waals surface area contributed by atoms with Gasteiger partial charge in [0, 0.05) is 24.0 Å². The first-order chi connectivity index (χ1) is 12.5. The molecule has 1 atom stereocenters. The number of urea groups is 1. The Labute approximate surface area is 155 Å². The molecule has 1 saturated heterocycles. The second-order valence-corrected chi connectivity index (χ2v) is 6.26. The fourth-order valence-electron chi connectivity index (χ4n) is 2.62. The largest absolute Gasteiger partial charge is 0.352 e. The van der Waals surface area contributed by atoms with E-state index in [4.69, 9.17) is 11.6 Å². The Kier molecular flexibility index (Phi) is 5.48. The van der Waals surface area contributed by atoms with Crippen LogP contribution in [0.3, 0.4) is 0 Å². The quantitative estimate of drug-likeness (QED) is 0.757. The molecule has 1 aromatic carbocycles. The van der Waals surface area contributed by atoms with Crippen molar-refractivity contribution >= 4 is 29.4 Å². The summed E-state index contributed by atoms with van der Waals surface area (Å²) < 4.78 is 0. The van der Waals surface area contributed by atoms with E-state index in [9.17, 15) is 14.4 Å². The Balaban J connectivity index is 1.56. The minimum Gasteiger partial charge on any atom is -0.352 e. The number of aromatic nitrogens is 1. The van der Waals surface area contributed by atoms with Gasteiger partial charge in [-0.2, -0.15) is 0 Å². The molecule has 1 fully saturated rings.